The maximum Gasteiger partial charge on any atom is 0.274 e. The zero-order valence-corrected chi connectivity index (χ0v) is 12.6. The maximum absolute atomic E-state index is 12.6. The van der Waals surface area contributed by atoms with E-state index in [1.165, 1.54) is 22.8 Å². The first-order chi connectivity index (χ1) is 9.70. The van der Waals surface area contributed by atoms with Gasteiger partial charge in [0.2, 0.25) is 0 Å². The Morgan fingerprint density at radius 1 is 1.50 bits per heavy atom. The van der Waals surface area contributed by atoms with Crippen LogP contribution in [0.1, 0.15) is 40.3 Å². The van der Waals surface area contributed by atoms with Crippen molar-refractivity contribution < 1.29 is 4.79 Å². The largest absolute Gasteiger partial charge is 0.330 e. The summed E-state index contributed by atoms with van der Waals surface area (Å²) in [6.45, 7) is 2.83. The van der Waals surface area contributed by atoms with Gasteiger partial charge in [0.05, 0.1) is 18.4 Å². The molecule has 104 valence electrons. The molecule has 3 heterocycles. The number of hydrogen-bond acceptors (Lipinski definition) is 4. The molecule has 0 spiro atoms. The Hall–Kier alpha value is -1.46. The first kappa shape index (κ1) is 13.5. The van der Waals surface area contributed by atoms with Crippen molar-refractivity contribution in [1.82, 2.24) is 14.9 Å². The normalized spacial score (nSPS) is 17.9. The fourth-order valence-corrected chi connectivity index (χ4v) is 3.68. The van der Waals surface area contributed by atoms with E-state index in [2.05, 4.69) is 28.3 Å². The van der Waals surface area contributed by atoms with E-state index in [0.29, 0.717) is 10.8 Å². The lowest BCUT2D eigenvalue weighted by Gasteiger charge is -2.35. The molecule has 6 heteroatoms. The van der Waals surface area contributed by atoms with Gasteiger partial charge in [0.1, 0.15) is 10.8 Å². The van der Waals surface area contributed by atoms with Crippen LogP contribution >= 0.6 is 22.9 Å². The van der Waals surface area contributed by atoms with Crippen LogP contribution in [-0.2, 0) is 6.42 Å². The van der Waals surface area contributed by atoms with Crippen LogP contribution < -0.4 is 0 Å². The van der Waals surface area contributed by atoms with Crippen LogP contribution in [0.3, 0.4) is 0 Å². The number of thiophene rings is 1. The topological polar surface area (TPSA) is 46.1 Å². The standard InChI is InChI=1S/C14H14ClN3OS/c1-2-11-9-4-6-20-12(9)3-5-18(11)14(19)10-7-17-13(15)8-16-10/h4,6-8,11H,2-3,5H2,1H3. The fraction of sp³-hybridized carbons (Fsp3) is 0.357. The summed E-state index contributed by atoms with van der Waals surface area (Å²) in [7, 11) is 0. The van der Waals surface area contributed by atoms with Gasteiger partial charge in [-0.25, -0.2) is 9.97 Å². The summed E-state index contributed by atoms with van der Waals surface area (Å²) < 4.78 is 0. The minimum absolute atomic E-state index is 0.0714. The Balaban J connectivity index is 1.90. The monoisotopic (exact) mass is 307 g/mol. The number of carbonyl (C=O) groups is 1. The first-order valence-electron chi connectivity index (χ1n) is 6.55. The van der Waals surface area contributed by atoms with Gasteiger partial charge in [-0.2, -0.15) is 0 Å². The Labute approximate surface area is 126 Å². The van der Waals surface area contributed by atoms with Crippen molar-refractivity contribution in [2.75, 3.05) is 6.54 Å². The first-order valence-corrected chi connectivity index (χ1v) is 7.81. The van der Waals surface area contributed by atoms with Gasteiger partial charge in [-0.05, 0) is 29.9 Å². The van der Waals surface area contributed by atoms with Crippen LogP contribution in [0.4, 0.5) is 0 Å². The molecule has 0 radical (unpaired) electrons. The van der Waals surface area contributed by atoms with E-state index in [9.17, 15) is 4.79 Å². The van der Waals surface area contributed by atoms with Gasteiger partial charge in [0, 0.05) is 11.4 Å². The van der Waals surface area contributed by atoms with Gasteiger partial charge in [-0.3, -0.25) is 4.79 Å². The minimum atomic E-state index is -0.0714. The number of amides is 1. The minimum Gasteiger partial charge on any atom is -0.330 e. The molecule has 0 bridgehead atoms. The van der Waals surface area contributed by atoms with Crippen molar-refractivity contribution in [3.8, 4) is 0 Å². The molecule has 0 aromatic carbocycles. The lowest BCUT2D eigenvalue weighted by Crippen LogP contribution is -2.39. The summed E-state index contributed by atoms with van der Waals surface area (Å²) in [6.07, 6.45) is 4.67. The van der Waals surface area contributed by atoms with E-state index in [1.807, 2.05) is 4.90 Å². The summed E-state index contributed by atoms with van der Waals surface area (Å²) in [6, 6.07) is 2.26. The van der Waals surface area contributed by atoms with Crippen molar-refractivity contribution in [2.24, 2.45) is 0 Å². The van der Waals surface area contributed by atoms with E-state index in [0.717, 1.165) is 19.4 Å². The Bertz CT molecular complexity index is 626. The van der Waals surface area contributed by atoms with Gasteiger partial charge in [-0.15, -0.1) is 11.3 Å². The van der Waals surface area contributed by atoms with E-state index in [-0.39, 0.29) is 11.9 Å². The zero-order chi connectivity index (χ0) is 14.1. The van der Waals surface area contributed by atoms with Crippen molar-refractivity contribution in [3.05, 3.63) is 45.1 Å². The summed E-state index contributed by atoms with van der Waals surface area (Å²) in [5, 5.41) is 2.40. The van der Waals surface area contributed by atoms with Crippen LogP contribution in [0.5, 0.6) is 0 Å². The number of aromatic nitrogens is 2. The summed E-state index contributed by atoms with van der Waals surface area (Å²) in [4.78, 5) is 23.9. The molecular formula is C14H14ClN3OS. The number of halogens is 1. The SMILES string of the molecule is CCC1c2ccsc2CCN1C(=O)c1cnc(Cl)cn1. The highest BCUT2D eigenvalue weighted by Crippen LogP contribution is 2.35. The van der Waals surface area contributed by atoms with Gasteiger partial charge in [-0.1, -0.05) is 18.5 Å². The molecule has 1 amide bonds. The third-order valence-electron chi connectivity index (χ3n) is 3.58. The van der Waals surface area contributed by atoms with Crippen LogP contribution in [-0.4, -0.2) is 27.3 Å². The highest BCUT2D eigenvalue weighted by Gasteiger charge is 2.31. The highest BCUT2D eigenvalue weighted by atomic mass is 35.5. The molecule has 3 rings (SSSR count). The molecule has 0 N–H and O–H groups in total. The molecule has 0 aliphatic carbocycles. The number of nitrogens with zero attached hydrogens (tertiary/aromatic N) is 3. The molecule has 2 aromatic heterocycles. The second kappa shape index (κ2) is 5.50. The average Bonchev–Trinajstić information content (AvgIpc) is 2.94. The smallest absolute Gasteiger partial charge is 0.274 e. The van der Waals surface area contributed by atoms with E-state index in [1.54, 1.807) is 11.3 Å². The van der Waals surface area contributed by atoms with Crippen LogP contribution in [0.25, 0.3) is 0 Å². The predicted octanol–water partition coefficient (Wildman–Crippen LogP) is 3.34. The van der Waals surface area contributed by atoms with Crippen molar-refractivity contribution in [3.63, 3.8) is 0 Å². The number of rotatable bonds is 2. The predicted molar refractivity (Wildman–Crippen MR) is 79.1 cm³/mol. The number of carbonyl (C=O) groups excluding carboxylic acids is 1. The molecule has 0 fully saturated rings. The van der Waals surface area contributed by atoms with E-state index in [4.69, 9.17) is 11.6 Å². The Morgan fingerprint density at radius 3 is 3.05 bits per heavy atom. The maximum atomic E-state index is 12.6. The van der Waals surface area contributed by atoms with Gasteiger partial charge < -0.3 is 4.90 Å². The van der Waals surface area contributed by atoms with E-state index >= 15 is 0 Å². The molecule has 1 atom stereocenters. The van der Waals surface area contributed by atoms with Gasteiger partial charge in [0.25, 0.3) is 5.91 Å². The zero-order valence-electron chi connectivity index (χ0n) is 11.0. The molecule has 2 aromatic rings. The summed E-state index contributed by atoms with van der Waals surface area (Å²) in [5.41, 5.74) is 1.63. The van der Waals surface area contributed by atoms with Crippen molar-refractivity contribution in [1.29, 1.82) is 0 Å². The van der Waals surface area contributed by atoms with Gasteiger partial charge >= 0.3 is 0 Å². The van der Waals surface area contributed by atoms with Gasteiger partial charge in [0.15, 0.2) is 0 Å². The molecule has 20 heavy (non-hydrogen) atoms. The highest BCUT2D eigenvalue weighted by molar-refractivity contribution is 7.10. The molecule has 4 nitrogen and oxygen atoms in total. The molecule has 1 aliphatic rings. The molecule has 0 saturated carbocycles. The third kappa shape index (κ3) is 2.31. The molecule has 0 saturated heterocycles. The summed E-state index contributed by atoms with van der Waals surface area (Å²) in [5.74, 6) is -0.0714. The number of fused-ring (bicyclic) bond motifs is 1. The van der Waals surface area contributed by atoms with Crippen molar-refractivity contribution >= 4 is 28.8 Å². The Morgan fingerprint density at radius 2 is 2.35 bits per heavy atom. The second-order valence-corrected chi connectivity index (χ2v) is 6.08. The van der Waals surface area contributed by atoms with Crippen LogP contribution in [0.15, 0.2) is 23.8 Å². The molecule has 1 aliphatic heterocycles. The fourth-order valence-electron chi connectivity index (χ4n) is 2.65. The third-order valence-corrected chi connectivity index (χ3v) is 4.77. The van der Waals surface area contributed by atoms with Crippen molar-refractivity contribution in [2.45, 2.75) is 25.8 Å². The second-order valence-electron chi connectivity index (χ2n) is 4.70. The summed E-state index contributed by atoms with van der Waals surface area (Å²) >= 11 is 7.49. The molecular weight excluding hydrogens is 294 g/mol. The number of hydrogen-bond donors (Lipinski definition) is 0. The van der Waals surface area contributed by atoms with Crippen LogP contribution in [0, 0.1) is 0 Å². The quantitative estimate of drug-likeness (QED) is 0.855. The molecule has 1 unspecified atom stereocenters. The Kier molecular flexibility index (Phi) is 3.72. The average molecular weight is 308 g/mol. The van der Waals surface area contributed by atoms with E-state index < -0.39 is 0 Å². The van der Waals surface area contributed by atoms with Crippen LogP contribution in [0.2, 0.25) is 5.15 Å². The lowest BCUT2D eigenvalue weighted by molar-refractivity contribution is 0.0651. The lowest BCUT2D eigenvalue weighted by atomic mass is 9.97.